The summed E-state index contributed by atoms with van der Waals surface area (Å²) in [5.74, 6) is 2.02. The van der Waals surface area contributed by atoms with Crippen LogP contribution in [0.25, 0.3) is 0 Å². The topological polar surface area (TPSA) is 15.3 Å². The third kappa shape index (κ3) is 2.53. The summed E-state index contributed by atoms with van der Waals surface area (Å²) in [6.45, 7) is 3.87. The summed E-state index contributed by atoms with van der Waals surface area (Å²) < 4.78 is 0. The Morgan fingerprint density at radius 1 is 1.12 bits per heavy atom. The van der Waals surface area contributed by atoms with E-state index in [9.17, 15) is 0 Å². The Balaban J connectivity index is 1.62. The lowest BCUT2D eigenvalue weighted by Crippen LogP contribution is -2.56. The standard InChI is InChI=1S/C15H28N2/c1-11(12-6-7-12)10-17-14-4-3-5-15(17)9-13(8-14)16-2/h11-16H,3-10H2,1-2H3. The molecule has 0 aromatic carbocycles. The van der Waals surface area contributed by atoms with E-state index in [4.69, 9.17) is 0 Å². The van der Waals surface area contributed by atoms with E-state index < -0.39 is 0 Å². The SMILES string of the molecule is CNC1CC2CCCC(C1)N2CC(C)C1CC1. The molecule has 17 heavy (non-hydrogen) atoms. The third-order valence-electron chi connectivity index (χ3n) is 5.46. The van der Waals surface area contributed by atoms with Gasteiger partial charge < -0.3 is 5.32 Å². The average molecular weight is 236 g/mol. The molecule has 3 aliphatic rings. The number of hydrogen-bond donors (Lipinski definition) is 1. The molecular formula is C15H28N2. The first-order chi connectivity index (χ1) is 8.28. The molecule has 3 unspecified atom stereocenters. The Kier molecular flexibility index (Phi) is 3.45. The fourth-order valence-electron chi connectivity index (χ4n) is 4.16. The summed E-state index contributed by atoms with van der Waals surface area (Å²) in [7, 11) is 2.14. The maximum Gasteiger partial charge on any atom is 0.0113 e. The highest BCUT2D eigenvalue weighted by Gasteiger charge is 2.39. The monoisotopic (exact) mass is 236 g/mol. The molecule has 0 spiro atoms. The van der Waals surface area contributed by atoms with Gasteiger partial charge in [-0.1, -0.05) is 13.3 Å². The number of nitrogens with zero attached hydrogens (tertiary/aromatic N) is 1. The molecule has 0 aromatic rings. The molecule has 0 aromatic heterocycles. The molecule has 3 fully saturated rings. The zero-order valence-corrected chi connectivity index (χ0v) is 11.5. The van der Waals surface area contributed by atoms with Crippen LogP contribution in [0.15, 0.2) is 0 Å². The molecule has 2 nitrogen and oxygen atoms in total. The molecule has 3 rings (SSSR count). The van der Waals surface area contributed by atoms with E-state index in [0.717, 1.165) is 30.0 Å². The van der Waals surface area contributed by atoms with Crippen LogP contribution in [0.4, 0.5) is 0 Å². The summed E-state index contributed by atoms with van der Waals surface area (Å²) in [5, 5.41) is 3.51. The lowest BCUT2D eigenvalue weighted by molar-refractivity contribution is 0.0130. The first kappa shape index (κ1) is 12.0. The van der Waals surface area contributed by atoms with Gasteiger partial charge in [-0.2, -0.15) is 0 Å². The molecule has 1 saturated carbocycles. The predicted molar refractivity (Wildman–Crippen MR) is 72.1 cm³/mol. The van der Waals surface area contributed by atoms with E-state index in [2.05, 4.69) is 24.2 Å². The van der Waals surface area contributed by atoms with Gasteiger partial charge in [-0.15, -0.1) is 0 Å². The van der Waals surface area contributed by atoms with Crippen molar-refractivity contribution in [2.45, 2.75) is 70.0 Å². The summed E-state index contributed by atoms with van der Waals surface area (Å²) in [5.41, 5.74) is 0. The molecule has 0 amide bonds. The van der Waals surface area contributed by atoms with Gasteiger partial charge in [0.1, 0.15) is 0 Å². The van der Waals surface area contributed by atoms with Gasteiger partial charge in [-0.3, -0.25) is 4.90 Å². The fraction of sp³-hybridized carbons (Fsp3) is 1.00. The van der Waals surface area contributed by atoms with Gasteiger partial charge in [0.25, 0.3) is 0 Å². The second-order valence-corrected chi connectivity index (χ2v) is 6.71. The first-order valence-electron chi connectivity index (χ1n) is 7.71. The second kappa shape index (κ2) is 4.89. The lowest BCUT2D eigenvalue weighted by atomic mass is 9.81. The molecule has 3 atom stereocenters. The van der Waals surface area contributed by atoms with Crippen LogP contribution in [0.3, 0.4) is 0 Å². The smallest absolute Gasteiger partial charge is 0.0113 e. The van der Waals surface area contributed by atoms with E-state index in [0.29, 0.717) is 0 Å². The number of hydrogen-bond acceptors (Lipinski definition) is 2. The molecule has 2 heterocycles. The summed E-state index contributed by atoms with van der Waals surface area (Å²) in [6.07, 6.45) is 10.2. The van der Waals surface area contributed by atoms with Crippen molar-refractivity contribution in [1.29, 1.82) is 0 Å². The van der Waals surface area contributed by atoms with Crippen molar-refractivity contribution in [3.8, 4) is 0 Å². The zero-order chi connectivity index (χ0) is 11.8. The van der Waals surface area contributed by atoms with Crippen LogP contribution < -0.4 is 5.32 Å². The Bertz CT molecular complexity index is 248. The van der Waals surface area contributed by atoms with Crippen molar-refractivity contribution >= 4 is 0 Å². The van der Waals surface area contributed by atoms with Crippen molar-refractivity contribution in [3.05, 3.63) is 0 Å². The van der Waals surface area contributed by atoms with Crippen LogP contribution in [0.1, 0.15) is 51.9 Å². The summed E-state index contributed by atoms with van der Waals surface area (Å²) in [4.78, 5) is 2.89. The van der Waals surface area contributed by atoms with Crippen LogP contribution in [0.2, 0.25) is 0 Å². The van der Waals surface area contributed by atoms with E-state index >= 15 is 0 Å². The lowest BCUT2D eigenvalue weighted by Gasteiger charge is -2.50. The minimum Gasteiger partial charge on any atom is -0.317 e. The number of rotatable bonds is 4. The van der Waals surface area contributed by atoms with Gasteiger partial charge in [0.2, 0.25) is 0 Å². The van der Waals surface area contributed by atoms with E-state index in [1.807, 2.05) is 0 Å². The average Bonchev–Trinajstić information content (AvgIpc) is 3.12. The van der Waals surface area contributed by atoms with Crippen LogP contribution in [0, 0.1) is 11.8 Å². The minimum absolute atomic E-state index is 0.790. The van der Waals surface area contributed by atoms with Gasteiger partial charge in [0, 0.05) is 24.7 Å². The largest absolute Gasteiger partial charge is 0.317 e. The van der Waals surface area contributed by atoms with Gasteiger partial charge in [0.05, 0.1) is 0 Å². The van der Waals surface area contributed by atoms with Gasteiger partial charge in [0.15, 0.2) is 0 Å². The number of piperidine rings is 2. The van der Waals surface area contributed by atoms with Crippen LogP contribution >= 0.6 is 0 Å². The van der Waals surface area contributed by atoms with Crippen LogP contribution in [-0.4, -0.2) is 36.6 Å². The third-order valence-corrected chi connectivity index (χ3v) is 5.46. The van der Waals surface area contributed by atoms with Gasteiger partial charge >= 0.3 is 0 Å². The molecule has 2 bridgehead atoms. The van der Waals surface area contributed by atoms with Crippen molar-refractivity contribution in [2.24, 2.45) is 11.8 Å². The summed E-state index contributed by atoms with van der Waals surface area (Å²) >= 11 is 0. The van der Waals surface area contributed by atoms with Crippen molar-refractivity contribution in [1.82, 2.24) is 10.2 Å². The molecule has 2 saturated heterocycles. The fourth-order valence-corrected chi connectivity index (χ4v) is 4.16. The quantitative estimate of drug-likeness (QED) is 0.807. The predicted octanol–water partition coefficient (Wildman–Crippen LogP) is 2.64. The second-order valence-electron chi connectivity index (χ2n) is 6.71. The van der Waals surface area contributed by atoms with E-state index in [-0.39, 0.29) is 0 Å². The number of nitrogens with one attached hydrogen (secondary N) is 1. The normalized spacial score (nSPS) is 40.2. The maximum atomic E-state index is 3.51. The maximum absolute atomic E-state index is 3.51. The Hall–Kier alpha value is -0.0800. The highest BCUT2D eigenvalue weighted by atomic mass is 15.2. The molecule has 1 N–H and O–H groups in total. The Morgan fingerprint density at radius 3 is 2.29 bits per heavy atom. The Morgan fingerprint density at radius 2 is 1.76 bits per heavy atom. The van der Waals surface area contributed by atoms with Gasteiger partial charge in [-0.25, -0.2) is 0 Å². The van der Waals surface area contributed by atoms with Crippen molar-refractivity contribution < 1.29 is 0 Å². The molecule has 0 radical (unpaired) electrons. The van der Waals surface area contributed by atoms with Gasteiger partial charge in [-0.05, 0) is 57.4 Å². The summed E-state index contributed by atoms with van der Waals surface area (Å²) in [6, 6.07) is 2.57. The molecular weight excluding hydrogens is 208 g/mol. The van der Waals surface area contributed by atoms with Crippen LogP contribution in [-0.2, 0) is 0 Å². The zero-order valence-electron chi connectivity index (χ0n) is 11.5. The Labute approximate surface area is 106 Å². The molecule has 98 valence electrons. The highest BCUT2D eigenvalue weighted by Crippen LogP contribution is 2.40. The molecule has 2 aliphatic heterocycles. The minimum atomic E-state index is 0.790. The van der Waals surface area contributed by atoms with Crippen LogP contribution in [0.5, 0.6) is 0 Å². The first-order valence-corrected chi connectivity index (χ1v) is 7.71. The molecule has 2 heteroatoms. The highest BCUT2D eigenvalue weighted by molar-refractivity contribution is 4.96. The number of fused-ring (bicyclic) bond motifs is 2. The molecule has 1 aliphatic carbocycles. The van der Waals surface area contributed by atoms with E-state index in [1.54, 1.807) is 0 Å². The van der Waals surface area contributed by atoms with E-state index in [1.165, 1.54) is 51.5 Å². The van der Waals surface area contributed by atoms with Crippen molar-refractivity contribution in [2.75, 3.05) is 13.6 Å². The van der Waals surface area contributed by atoms with Crippen molar-refractivity contribution in [3.63, 3.8) is 0 Å².